The number of methoxy groups -OCH3 is 2. The van der Waals surface area contributed by atoms with Crippen molar-refractivity contribution in [2.45, 2.75) is 17.9 Å². The Labute approximate surface area is 242 Å². The lowest BCUT2D eigenvalue weighted by Gasteiger charge is -2.13. The molecule has 0 atom stereocenters. The smallest absolute Gasteiger partial charge is 0.416 e. The van der Waals surface area contributed by atoms with E-state index in [9.17, 15) is 22.8 Å². The minimum atomic E-state index is -4.59. The van der Waals surface area contributed by atoms with Crippen molar-refractivity contribution in [1.82, 2.24) is 20.1 Å². The van der Waals surface area contributed by atoms with Gasteiger partial charge in [-0.2, -0.15) is 13.2 Å². The van der Waals surface area contributed by atoms with Gasteiger partial charge < -0.3 is 20.1 Å². The van der Waals surface area contributed by atoms with E-state index in [1.165, 1.54) is 14.2 Å². The summed E-state index contributed by atoms with van der Waals surface area (Å²) in [6.45, 7) is 0.00166. The zero-order valence-electron chi connectivity index (χ0n) is 21.7. The van der Waals surface area contributed by atoms with Crippen molar-refractivity contribution in [3.8, 4) is 17.2 Å². The van der Waals surface area contributed by atoms with Crippen molar-refractivity contribution in [3.05, 3.63) is 88.7 Å². The number of hydrogen-bond donors (Lipinski definition) is 2. The average molecular weight is 606 g/mol. The topological polar surface area (TPSA) is 107 Å². The van der Waals surface area contributed by atoms with Crippen LogP contribution in [0.15, 0.2) is 71.9 Å². The van der Waals surface area contributed by atoms with Gasteiger partial charge in [0.15, 0.2) is 22.5 Å². The number of para-hydroxylation sites is 1. The molecule has 2 N–H and O–H groups in total. The summed E-state index contributed by atoms with van der Waals surface area (Å²) in [5.41, 5.74) is -0.0757. The van der Waals surface area contributed by atoms with Gasteiger partial charge in [-0.05, 0) is 48.5 Å². The fourth-order valence-electron chi connectivity index (χ4n) is 3.70. The zero-order valence-corrected chi connectivity index (χ0v) is 23.2. The highest BCUT2D eigenvalue weighted by Gasteiger charge is 2.31. The van der Waals surface area contributed by atoms with E-state index in [1.54, 1.807) is 47.0 Å². The first kappa shape index (κ1) is 29.7. The highest BCUT2D eigenvalue weighted by atomic mass is 35.5. The van der Waals surface area contributed by atoms with Crippen molar-refractivity contribution >= 4 is 40.9 Å². The number of alkyl halides is 3. The van der Waals surface area contributed by atoms with Crippen LogP contribution in [0.1, 0.15) is 21.7 Å². The first-order valence-corrected chi connectivity index (χ1v) is 13.3. The number of carbonyl (C=O) groups excluding carboxylic acids is 2. The third-order valence-corrected chi connectivity index (χ3v) is 6.93. The third kappa shape index (κ3) is 7.30. The second kappa shape index (κ2) is 13.0. The molecule has 9 nitrogen and oxygen atoms in total. The predicted molar refractivity (Wildman–Crippen MR) is 148 cm³/mol. The minimum Gasteiger partial charge on any atom is -0.493 e. The molecule has 3 aromatic carbocycles. The number of ether oxygens (including phenoxy) is 2. The van der Waals surface area contributed by atoms with Crippen molar-refractivity contribution in [2.75, 3.05) is 25.3 Å². The molecule has 0 radical (unpaired) electrons. The Morgan fingerprint density at radius 3 is 2.39 bits per heavy atom. The summed E-state index contributed by atoms with van der Waals surface area (Å²) in [6, 6.07) is 16.5. The van der Waals surface area contributed by atoms with Crippen LogP contribution in [0.25, 0.3) is 5.69 Å². The van der Waals surface area contributed by atoms with Crippen LogP contribution >= 0.6 is 23.4 Å². The number of aromatic nitrogens is 3. The molecule has 4 aromatic rings. The van der Waals surface area contributed by atoms with Crippen LogP contribution in [0.2, 0.25) is 5.02 Å². The van der Waals surface area contributed by atoms with Crippen molar-refractivity contribution < 1.29 is 32.2 Å². The molecule has 0 saturated carbocycles. The van der Waals surface area contributed by atoms with E-state index in [0.717, 1.165) is 30.0 Å². The summed E-state index contributed by atoms with van der Waals surface area (Å²) >= 11 is 7.00. The van der Waals surface area contributed by atoms with Crippen LogP contribution in [-0.2, 0) is 17.5 Å². The molecular weight excluding hydrogens is 583 g/mol. The first-order chi connectivity index (χ1) is 19.6. The number of amides is 2. The molecule has 0 unspecified atom stereocenters. The largest absolute Gasteiger partial charge is 0.493 e. The lowest BCUT2D eigenvalue weighted by molar-refractivity contribution is -0.137. The summed E-state index contributed by atoms with van der Waals surface area (Å²) in [5.74, 6) is 0.0798. The lowest BCUT2D eigenvalue weighted by Crippen LogP contribution is -2.24. The molecule has 1 heterocycles. The van der Waals surface area contributed by atoms with Gasteiger partial charge in [0.1, 0.15) is 0 Å². The van der Waals surface area contributed by atoms with Crippen molar-refractivity contribution in [1.29, 1.82) is 0 Å². The van der Waals surface area contributed by atoms with Gasteiger partial charge in [0.25, 0.3) is 5.91 Å². The number of rotatable bonds is 10. The molecule has 0 aliphatic heterocycles. The minimum absolute atomic E-state index is 0.00166. The molecule has 41 heavy (non-hydrogen) atoms. The lowest BCUT2D eigenvalue weighted by atomic mass is 10.2. The van der Waals surface area contributed by atoms with E-state index in [1.807, 2.05) is 6.07 Å². The van der Waals surface area contributed by atoms with Gasteiger partial charge in [0.2, 0.25) is 5.91 Å². The molecular formula is C27H23ClF3N5O4S. The number of carbonyl (C=O) groups is 2. The molecule has 1 aromatic heterocycles. The Hall–Kier alpha value is -4.23. The van der Waals surface area contributed by atoms with Gasteiger partial charge in [-0.15, -0.1) is 10.2 Å². The Bertz CT molecular complexity index is 1550. The van der Waals surface area contributed by atoms with E-state index in [-0.39, 0.29) is 28.9 Å². The molecule has 14 heteroatoms. The molecule has 2 amide bonds. The van der Waals surface area contributed by atoms with Crippen molar-refractivity contribution in [3.63, 3.8) is 0 Å². The van der Waals surface area contributed by atoms with Crippen molar-refractivity contribution in [2.24, 2.45) is 0 Å². The number of anilines is 1. The number of hydrogen-bond acceptors (Lipinski definition) is 7. The molecule has 214 valence electrons. The van der Waals surface area contributed by atoms with Gasteiger partial charge in [0, 0.05) is 11.3 Å². The summed E-state index contributed by atoms with van der Waals surface area (Å²) in [4.78, 5) is 25.5. The molecule has 0 aliphatic carbocycles. The first-order valence-electron chi connectivity index (χ1n) is 11.9. The van der Waals surface area contributed by atoms with Crippen LogP contribution in [0.4, 0.5) is 18.9 Å². The number of nitrogens with one attached hydrogen (secondary N) is 2. The fourth-order valence-corrected chi connectivity index (χ4v) is 4.63. The van der Waals surface area contributed by atoms with Gasteiger partial charge in [-0.25, -0.2) is 0 Å². The number of nitrogens with zero attached hydrogens (tertiary/aromatic N) is 3. The second-order valence-electron chi connectivity index (χ2n) is 8.35. The maximum Gasteiger partial charge on any atom is 0.416 e. The molecule has 0 fully saturated rings. The Morgan fingerprint density at radius 1 is 0.976 bits per heavy atom. The van der Waals surface area contributed by atoms with E-state index >= 15 is 0 Å². The quantitative estimate of drug-likeness (QED) is 0.226. The fraction of sp³-hybridized carbons (Fsp3) is 0.185. The van der Waals surface area contributed by atoms with E-state index in [4.69, 9.17) is 21.1 Å². The standard InChI is InChI=1S/C27H23ClF3N5O4S/c1-39-21-11-8-16(12-22(21)40-2)25(38)32-14-23-34-35-26(36(23)18-6-4-3-5-7-18)41-15-24(37)33-20-13-17(27(29,30)31)9-10-19(20)28/h3-13H,14-15H2,1-2H3,(H,32,38)(H,33,37). The maximum atomic E-state index is 13.1. The highest BCUT2D eigenvalue weighted by molar-refractivity contribution is 7.99. The molecule has 4 rings (SSSR count). The predicted octanol–water partition coefficient (Wildman–Crippen LogP) is 5.62. The molecule has 0 spiro atoms. The van der Waals surface area contributed by atoms with Gasteiger partial charge in [-0.1, -0.05) is 41.6 Å². The highest BCUT2D eigenvalue weighted by Crippen LogP contribution is 2.34. The zero-order chi connectivity index (χ0) is 29.6. The van der Waals surface area contributed by atoms with Crippen LogP contribution < -0.4 is 20.1 Å². The third-order valence-electron chi connectivity index (χ3n) is 5.67. The van der Waals surface area contributed by atoms with E-state index < -0.39 is 17.6 Å². The number of benzene rings is 3. The Kier molecular flexibility index (Phi) is 9.40. The van der Waals surface area contributed by atoms with Gasteiger partial charge >= 0.3 is 6.18 Å². The normalized spacial score (nSPS) is 11.2. The summed E-state index contributed by atoms with van der Waals surface area (Å²) in [6.07, 6.45) is -4.59. The van der Waals surface area contributed by atoms with Crippen LogP contribution in [0.3, 0.4) is 0 Å². The average Bonchev–Trinajstić information content (AvgIpc) is 3.38. The van der Waals surface area contributed by atoms with Crippen LogP contribution in [-0.4, -0.2) is 46.6 Å². The summed E-state index contributed by atoms with van der Waals surface area (Å²) in [5, 5.41) is 13.9. The number of thioether (sulfide) groups is 1. The van der Waals surface area contributed by atoms with Crippen LogP contribution in [0.5, 0.6) is 11.5 Å². The summed E-state index contributed by atoms with van der Waals surface area (Å²) in [7, 11) is 2.96. The number of halogens is 4. The van der Waals surface area contributed by atoms with E-state index in [2.05, 4.69) is 20.8 Å². The summed E-state index contributed by atoms with van der Waals surface area (Å²) < 4.78 is 51.4. The Balaban J connectivity index is 1.49. The van der Waals surface area contributed by atoms with Gasteiger partial charge in [-0.3, -0.25) is 14.2 Å². The monoisotopic (exact) mass is 605 g/mol. The molecule has 0 aliphatic rings. The van der Waals surface area contributed by atoms with E-state index in [0.29, 0.717) is 33.7 Å². The maximum absolute atomic E-state index is 13.1. The second-order valence-corrected chi connectivity index (χ2v) is 9.70. The van der Waals surface area contributed by atoms with Crippen LogP contribution in [0, 0.1) is 0 Å². The molecule has 0 bridgehead atoms. The molecule has 0 saturated heterocycles. The van der Waals surface area contributed by atoms with Gasteiger partial charge in [0.05, 0.1) is 42.8 Å². The SMILES string of the molecule is COc1ccc(C(=O)NCc2nnc(SCC(=O)Nc3cc(C(F)(F)F)ccc3Cl)n2-c2ccccc2)cc1OC. The Morgan fingerprint density at radius 2 is 1.71 bits per heavy atom.